The number of nitrogens with one attached hydrogen (secondary N) is 1. The highest BCUT2D eigenvalue weighted by molar-refractivity contribution is 5.82. The Hall–Kier alpha value is -2.43. The third-order valence-electron chi connectivity index (χ3n) is 5.50. The zero-order chi connectivity index (χ0) is 20.3. The molecule has 0 fully saturated rings. The second kappa shape index (κ2) is 8.72. The van der Waals surface area contributed by atoms with Crippen molar-refractivity contribution in [3.63, 3.8) is 0 Å². The fourth-order valence-electron chi connectivity index (χ4n) is 3.98. The number of rotatable bonds is 7. The standard InChI is InChI=1S/C24H30N2O2/c1-16(2)20-13-21-19(12-24(27)28-23(21)11-17(20)3)14-25-15-22(26(4)5)18-9-7-6-8-10-18/h6-13,16,22,25H,14-15H2,1-5H3/p+2/t22-/m0/s1. The van der Waals surface area contributed by atoms with Gasteiger partial charge in [-0.05, 0) is 36.1 Å². The third-order valence-corrected chi connectivity index (χ3v) is 5.50. The predicted molar refractivity (Wildman–Crippen MR) is 114 cm³/mol. The highest BCUT2D eigenvalue weighted by atomic mass is 16.4. The summed E-state index contributed by atoms with van der Waals surface area (Å²) in [6.07, 6.45) is 0. The molecule has 148 valence electrons. The van der Waals surface area contributed by atoms with Crippen LogP contribution in [0.1, 0.15) is 48.1 Å². The van der Waals surface area contributed by atoms with Crippen molar-refractivity contribution in [3.8, 4) is 0 Å². The maximum absolute atomic E-state index is 12.1. The SMILES string of the molecule is Cc1cc2oc(=O)cc(C[NH2+]C[C@@H](c3ccccc3)[NH+](C)C)c2cc1C(C)C. The summed E-state index contributed by atoms with van der Waals surface area (Å²) >= 11 is 0. The zero-order valence-corrected chi connectivity index (χ0v) is 17.6. The van der Waals surface area contributed by atoms with Crippen LogP contribution in [0, 0.1) is 6.92 Å². The van der Waals surface area contributed by atoms with Gasteiger partial charge in [0, 0.05) is 22.6 Å². The molecule has 2 aromatic carbocycles. The molecule has 0 unspecified atom stereocenters. The van der Waals surface area contributed by atoms with E-state index in [0.29, 0.717) is 17.5 Å². The average Bonchev–Trinajstić information content (AvgIpc) is 2.64. The molecule has 3 N–H and O–H groups in total. The minimum Gasteiger partial charge on any atom is -0.423 e. The van der Waals surface area contributed by atoms with Crippen LogP contribution in [0.3, 0.4) is 0 Å². The summed E-state index contributed by atoms with van der Waals surface area (Å²) in [6, 6.07) is 16.9. The lowest BCUT2D eigenvalue weighted by molar-refractivity contribution is -0.910. The van der Waals surface area contributed by atoms with Gasteiger partial charge < -0.3 is 14.6 Å². The quantitative estimate of drug-likeness (QED) is 0.617. The first-order valence-corrected chi connectivity index (χ1v) is 10.1. The van der Waals surface area contributed by atoms with Gasteiger partial charge in [0.1, 0.15) is 18.7 Å². The van der Waals surface area contributed by atoms with Crippen LogP contribution in [0.25, 0.3) is 11.0 Å². The molecule has 0 bridgehead atoms. The number of benzene rings is 2. The summed E-state index contributed by atoms with van der Waals surface area (Å²) in [4.78, 5) is 13.5. The second-order valence-corrected chi connectivity index (χ2v) is 8.22. The van der Waals surface area contributed by atoms with Crippen LogP contribution in [-0.2, 0) is 6.54 Å². The summed E-state index contributed by atoms with van der Waals surface area (Å²) in [5.74, 6) is 0.438. The van der Waals surface area contributed by atoms with Gasteiger partial charge in [0.05, 0.1) is 14.1 Å². The Labute approximate surface area is 167 Å². The summed E-state index contributed by atoms with van der Waals surface area (Å²) in [6.45, 7) is 8.20. The molecule has 1 heterocycles. The van der Waals surface area contributed by atoms with Crippen molar-refractivity contribution in [2.24, 2.45) is 0 Å². The first-order valence-electron chi connectivity index (χ1n) is 10.1. The van der Waals surface area contributed by atoms with Crippen LogP contribution in [0.2, 0.25) is 0 Å². The van der Waals surface area contributed by atoms with E-state index in [9.17, 15) is 4.79 Å². The Morgan fingerprint density at radius 1 is 1.07 bits per heavy atom. The van der Waals surface area contributed by atoms with Crippen LogP contribution in [-0.4, -0.2) is 20.6 Å². The van der Waals surface area contributed by atoms with Crippen LogP contribution in [0.15, 0.2) is 57.7 Å². The van der Waals surface area contributed by atoms with E-state index in [-0.39, 0.29) is 5.63 Å². The van der Waals surface area contributed by atoms with E-state index < -0.39 is 0 Å². The van der Waals surface area contributed by atoms with Gasteiger partial charge in [-0.1, -0.05) is 44.2 Å². The summed E-state index contributed by atoms with van der Waals surface area (Å²) in [7, 11) is 4.38. The Balaban J connectivity index is 1.85. The van der Waals surface area contributed by atoms with Crippen molar-refractivity contribution in [2.45, 2.75) is 39.3 Å². The van der Waals surface area contributed by atoms with E-state index in [1.165, 1.54) is 21.6 Å². The Kier molecular flexibility index (Phi) is 6.32. The first kappa shape index (κ1) is 20.3. The van der Waals surface area contributed by atoms with Crippen LogP contribution in [0.5, 0.6) is 0 Å². The van der Waals surface area contributed by atoms with Crippen LogP contribution >= 0.6 is 0 Å². The molecule has 0 saturated heterocycles. The Bertz CT molecular complexity index is 991. The summed E-state index contributed by atoms with van der Waals surface area (Å²) < 4.78 is 5.48. The van der Waals surface area contributed by atoms with Crippen molar-refractivity contribution in [1.82, 2.24) is 0 Å². The van der Waals surface area contributed by atoms with E-state index in [2.05, 4.69) is 76.6 Å². The maximum Gasteiger partial charge on any atom is 0.336 e. The molecule has 0 aliphatic carbocycles. The number of nitrogens with two attached hydrogens (primary N) is 1. The van der Waals surface area contributed by atoms with Crippen molar-refractivity contribution < 1.29 is 14.6 Å². The lowest BCUT2D eigenvalue weighted by atomic mass is 9.95. The molecule has 0 saturated carbocycles. The third kappa shape index (κ3) is 4.51. The number of hydrogen-bond acceptors (Lipinski definition) is 2. The lowest BCUT2D eigenvalue weighted by Crippen LogP contribution is -3.09. The first-order chi connectivity index (χ1) is 13.4. The van der Waals surface area contributed by atoms with Gasteiger partial charge in [-0.15, -0.1) is 0 Å². The smallest absolute Gasteiger partial charge is 0.336 e. The number of quaternary nitrogens is 2. The molecule has 28 heavy (non-hydrogen) atoms. The van der Waals surface area contributed by atoms with Crippen molar-refractivity contribution in [3.05, 3.63) is 81.2 Å². The molecular formula is C24H32N2O2+2. The number of likely N-dealkylation sites (N-methyl/N-ethyl adjacent to an activating group) is 1. The lowest BCUT2D eigenvalue weighted by Gasteiger charge is -2.20. The average molecular weight is 381 g/mol. The number of hydrogen-bond donors (Lipinski definition) is 2. The van der Waals surface area contributed by atoms with E-state index in [0.717, 1.165) is 24.0 Å². The van der Waals surface area contributed by atoms with E-state index in [1.807, 2.05) is 6.07 Å². The molecule has 3 rings (SSSR count). The molecule has 0 radical (unpaired) electrons. The summed E-state index contributed by atoms with van der Waals surface area (Å²) in [5.41, 5.74) is 5.29. The van der Waals surface area contributed by atoms with Crippen LogP contribution < -0.4 is 15.8 Å². The Morgan fingerprint density at radius 3 is 2.43 bits per heavy atom. The van der Waals surface area contributed by atoms with Crippen molar-refractivity contribution in [2.75, 3.05) is 20.6 Å². The fourth-order valence-corrected chi connectivity index (χ4v) is 3.98. The molecule has 1 aromatic heterocycles. The molecule has 1 atom stereocenters. The normalized spacial score (nSPS) is 12.8. The molecule has 4 nitrogen and oxygen atoms in total. The summed E-state index contributed by atoms with van der Waals surface area (Å²) in [5, 5.41) is 3.35. The van der Waals surface area contributed by atoms with Gasteiger partial charge >= 0.3 is 5.63 Å². The predicted octanol–water partition coefficient (Wildman–Crippen LogP) is 2.17. The zero-order valence-electron chi connectivity index (χ0n) is 17.6. The number of fused-ring (bicyclic) bond motifs is 1. The highest BCUT2D eigenvalue weighted by Crippen LogP contribution is 2.26. The molecule has 3 aromatic rings. The van der Waals surface area contributed by atoms with Crippen molar-refractivity contribution >= 4 is 11.0 Å². The van der Waals surface area contributed by atoms with Gasteiger partial charge in [0.25, 0.3) is 0 Å². The monoisotopic (exact) mass is 380 g/mol. The highest BCUT2D eigenvalue weighted by Gasteiger charge is 2.20. The molecule has 0 aliphatic rings. The Morgan fingerprint density at radius 2 is 1.79 bits per heavy atom. The topological polar surface area (TPSA) is 51.3 Å². The van der Waals surface area contributed by atoms with Crippen LogP contribution in [0.4, 0.5) is 0 Å². The second-order valence-electron chi connectivity index (χ2n) is 8.22. The minimum atomic E-state index is -0.273. The van der Waals surface area contributed by atoms with Gasteiger partial charge in [0.15, 0.2) is 6.04 Å². The van der Waals surface area contributed by atoms with E-state index in [1.54, 1.807) is 6.07 Å². The molecule has 0 amide bonds. The largest absolute Gasteiger partial charge is 0.423 e. The van der Waals surface area contributed by atoms with Gasteiger partial charge in [-0.2, -0.15) is 0 Å². The molecular weight excluding hydrogens is 348 g/mol. The fraction of sp³-hybridized carbons (Fsp3) is 0.375. The minimum absolute atomic E-state index is 0.273. The number of aryl methyl sites for hydroxylation is 1. The maximum atomic E-state index is 12.1. The molecule has 4 heteroatoms. The van der Waals surface area contributed by atoms with Crippen molar-refractivity contribution in [1.29, 1.82) is 0 Å². The van der Waals surface area contributed by atoms with E-state index in [4.69, 9.17) is 4.42 Å². The van der Waals surface area contributed by atoms with E-state index >= 15 is 0 Å². The van der Waals surface area contributed by atoms with Gasteiger partial charge in [-0.3, -0.25) is 0 Å². The molecule has 0 aliphatic heterocycles. The van der Waals surface area contributed by atoms with Gasteiger partial charge in [0.2, 0.25) is 0 Å². The molecule has 0 spiro atoms. The van der Waals surface area contributed by atoms with Gasteiger partial charge in [-0.25, -0.2) is 4.79 Å².